The van der Waals surface area contributed by atoms with Crippen LogP contribution in [0.1, 0.15) is 5.56 Å². The van der Waals surface area contributed by atoms with E-state index in [1.54, 1.807) is 6.07 Å². The highest BCUT2D eigenvalue weighted by molar-refractivity contribution is 7.89. The second-order valence-electron chi connectivity index (χ2n) is 3.41. The van der Waals surface area contributed by atoms with Crippen molar-refractivity contribution in [3.05, 3.63) is 23.8 Å². The van der Waals surface area contributed by atoms with Crippen LogP contribution in [0, 0.1) is 6.92 Å². The van der Waals surface area contributed by atoms with Gasteiger partial charge in [0, 0.05) is 19.3 Å². The van der Waals surface area contributed by atoms with E-state index in [2.05, 4.69) is 4.72 Å². The van der Waals surface area contributed by atoms with Gasteiger partial charge in [-0.3, -0.25) is 0 Å². The van der Waals surface area contributed by atoms with E-state index >= 15 is 0 Å². The summed E-state index contributed by atoms with van der Waals surface area (Å²) in [5, 5.41) is 0. The predicted molar refractivity (Wildman–Crippen MR) is 62.7 cm³/mol. The number of methoxy groups -OCH3 is 1. The van der Waals surface area contributed by atoms with Crippen LogP contribution in [0.2, 0.25) is 0 Å². The summed E-state index contributed by atoms with van der Waals surface area (Å²) in [6.45, 7) is 2.40. The molecule has 0 bridgehead atoms. The van der Waals surface area contributed by atoms with Gasteiger partial charge in [-0.2, -0.15) is 0 Å². The van der Waals surface area contributed by atoms with Crippen LogP contribution in [-0.2, 0) is 14.8 Å². The molecule has 0 aliphatic carbocycles. The minimum Gasteiger partial charge on any atom is -0.398 e. The number of rotatable bonds is 5. The van der Waals surface area contributed by atoms with E-state index in [0.29, 0.717) is 12.3 Å². The maximum atomic E-state index is 11.7. The van der Waals surface area contributed by atoms with Crippen molar-refractivity contribution >= 4 is 15.7 Å². The third-order valence-corrected chi connectivity index (χ3v) is 3.62. The van der Waals surface area contributed by atoms with Crippen LogP contribution in [0.15, 0.2) is 23.1 Å². The SMILES string of the molecule is COCCNS(=O)(=O)c1ccc(C)c(N)c1. The van der Waals surface area contributed by atoms with Crippen molar-refractivity contribution in [2.75, 3.05) is 26.0 Å². The molecule has 5 nitrogen and oxygen atoms in total. The lowest BCUT2D eigenvalue weighted by atomic mass is 10.2. The molecule has 16 heavy (non-hydrogen) atoms. The topological polar surface area (TPSA) is 81.4 Å². The summed E-state index contributed by atoms with van der Waals surface area (Å²) in [7, 11) is -1.97. The average Bonchev–Trinajstić information content (AvgIpc) is 2.22. The third kappa shape index (κ3) is 3.19. The van der Waals surface area contributed by atoms with Crippen LogP contribution in [0.5, 0.6) is 0 Å². The van der Waals surface area contributed by atoms with E-state index in [4.69, 9.17) is 10.5 Å². The highest BCUT2D eigenvalue weighted by Crippen LogP contribution is 2.16. The fraction of sp³-hybridized carbons (Fsp3) is 0.400. The molecule has 0 heterocycles. The highest BCUT2D eigenvalue weighted by Gasteiger charge is 2.13. The molecule has 0 saturated heterocycles. The Kier molecular flexibility index (Phi) is 4.28. The molecule has 0 saturated carbocycles. The normalized spacial score (nSPS) is 11.6. The Balaban J connectivity index is 2.86. The van der Waals surface area contributed by atoms with Crippen LogP contribution < -0.4 is 10.5 Å². The monoisotopic (exact) mass is 244 g/mol. The number of sulfonamides is 1. The van der Waals surface area contributed by atoms with Gasteiger partial charge in [-0.1, -0.05) is 6.07 Å². The molecule has 0 atom stereocenters. The lowest BCUT2D eigenvalue weighted by Gasteiger charge is -2.07. The molecule has 0 unspecified atom stereocenters. The summed E-state index contributed by atoms with van der Waals surface area (Å²) in [4.78, 5) is 0.173. The van der Waals surface area contributed by atoms with Gasteiger partial charge >= 0.3 is 0 Å². The molecule has 90 valence electrons. The summed E-state index contributed by atoms with van der Waals surface area (Å²) in [5.41, 5.74) is 6.98. The van der Waals surface area contributed by atoms with Crippen molar-refractivity contribution in [1.29, 1.82) is 0 Å². The van der Waals surface area contributed by atoms with E-state index < -0.39 is 10.0 Å². The predicted octanol–water partition coefficient (Wildman–Crippen LogP) is 0.502. The van der Waals surface area contributed by atoms with Crippen LogP contribution in [0.25, 0.3) is 0 Å². The number of nitrogen functional groups attached to an aromatic ring is 1. The van der Waals surface area contributed by atoms with Crippen molar-refractivity contribution in [3.8, 4) is 0 Å². The second-order valence-corrected chi connectivity index (χ2v) is 5.18. The zero-order chi connectivity index (χ0) is 12.2. The van der Waals surface area contributed by atoms with E-state index in [-0.39, 0.29) is 11.4 Å². The number of nitrogens with one attached hydrogen (secondary N) is 1. The van der Waals surface area contributed by atoms with E-state index in [9.17, 15) is 8.42 Å². The highest BCUT2D eigenvalue weighted by atomic mass is 32.2. The Morgan fingerprint density at radius 3 is 2.69 bits per heavy atom. The number of hydrogen-bond acceptors (Lipinski definition) is 4. The zero-order valence-electron chi connectivity index (χ0n) is 9.36. The van der Waals surface area contributed by atoms with Crippen molar-refractivity contribution in [1.82, 2.24) is 4.72 Å². The first-order valence-corrected chi connectivity index (χ1v) is 6.30. The lowest BCUT2D eigenvalue weighted by molar-refractivity contribution is 0.204. The van der Waals surface area contributed by atoms with Crippen LogP contribution in [0.4, 0.5) is 5.69 Å². The number of ether oxygens (including phenoxy) is 1. The van der Waals surface area contributed by atoms with Crippen LogP contribution in [-0.4, -0.2) is 28.7 Å². The van der Waals surface area contributed by atoms with Crippen LogP contribution >= 0.6 is 0 Å². The van der Waals surface area contributed by atoms with Gasteiger partial charge in [-0.05, 0) is 24.6 Å². The number of aryl methyl sites for hydroxylation is 1. The summed E-state index contributed by atoms with van der Waals surface area (Å²) in [5.74, 6) is 0. The first-order valence-electron chi connectivity index (χ1n) is 4.82. The summed E-state index contributed by atoms with van der Waals surface area (Å²) in [6, 6.07) is 4.66. The maximum Gasteiger partial charge on any atom is 0.240 e. The van der Waals surface area contributed by atoms with Gasteiger partial charge in [0.05, 0.1) is 11.5 Å². The maximum absolute atomic E-state index is 11.7. The fourth-order valence-electron chi connectivity index (χ4n) is 1.15. The molecule has 0 aliphatic heterocycles. The molecule has 1 aromatic carbocycles. The minimum atomic E-state index is -3.48. The molecule has 0 aromatic heterocycles. The van der Waals surface area contributed by atoms with Crippen LogP contribution in [0.3, 0.4) is 0 Å². The van der Waals surface area contributed by atoms with Gasteiger partial charge in [0.25, 0.3) is 0 Å². The van der Waals surface area contributed by atoms with Gasteiger partial charge in [0.15, 0.2) is 0 Å². The summed E-state index contributed by atoms with van der Waals surface area (Å²) < 4.78 is 30.7. The van der Waals surface area contributed by atoms with Crippen molar-refractivity contribution < 1.29 is 13.2 Å². The Hall–Kier alpha value is -1.11. The Labute approximate surface area is 95.7 Å². The fourth-order valence-corrected chi connectivity index (χ4v) is 2.20. The van der Waals surface area contributed by atoms with Crippen molar-refractivity contribution in [2.24, 2.45) is 0 Å². The number of nitrogens with two attached hydrogens (primary N) is 1. The number of benzene rings is 1. The van der Waals surface area contributed by atoms with E-state index in [1.807, 2.05) is 6.92 Å². The van der Waals surface area contributed by atoms with Gasteiger partial charge in [0.1, 0.15) is 0 Å². The lowest BCUT2D eigenvalue weighted by Crippen LogP contribution is -2.27. The van der Waals surface area contributed by atoms with Gasteiger partial charge in [-0.15, -0.1) is 0 Å². The molecular weight excluding hydrogens is 228 g/mol. The molecule has 1 aromatic rings. The minimum absolute atomic E-state index is 0.173. The van der Waals surface area contributed by atoms with Gasteiger partial charge in [0.2, 0.25) is 10.0 Å². The van der Waals surface area contributed by atoms with E-state index in [1.165, 1.54) is 19.2 Å². The molecule has 6 heteroatoms. The van der Waals surface area contributed by atoms with Crippen molar-refractivity contribution in [2.45, 2.75) is 11.8 Å². The van der Waals surface area contributed by atoms with E-state index in [0.717, 1.165) is 5.56 Å². The molecular formula is C10H16N2O3S. The number of anilines is 1. The third-order valence-electron chi connectivity index (χ3n) is 2.16. The van der Waals surface area contributed by atoms with Crippen molar-refractivity contribution in [3.63, 3.8) is 0 Å². The molecule has 0 fully saturated rings. The smallest absolute Gasteiger partial charge is 0.240 e. The largest absolute Gasteiger partial charge is 0.398 e. The quantitative estimate of drug-likeness (QED) is 0.584. The molecule has 0 aliphatic rings. The average molecular weight is 244 g/mol. The molecule has 0 radical (unpaired) electrons. The number of hydrogen-bond donors (Lipinski definition) is 2. The molecule has 0 amide bonds. The Morgan fingerprint density at radius 2 is 2.12 bits per heavy atom. The summed E-state index contributed by atoms with van der Waals surface area (Å²) in [6.07, 6.45) is 0. The first-order chi connectivity index (χ1) is 7.47. The van der Waals surface area contributed by atoms with Gasteiger partial charge < -0.3 is 10.5 Å². The molecule has 1 rings (SSSR count). The Bertz CT molecular complexity index is 457. The molecule has 3 N–H and O–H groups in total. The second kappa shape index (κ2) is 5.29. The molecule has 0 spiro atoms. The zero-order valence-corrected chi connectivity index (χ0v) is 10.2. The summed E-state index contributed by atoms with van der Waals surface area (Å²) >= 11 is 0. The van der Waals surface area contributed by atoms with Gasteiger partial charge in [-0.25, -0.2) is 13.1 Å². The first kappa shape index (κ1) is 13.0. The standard InChI is InChI=1S/C10H16N2O3S/c1-8-3-4-9(7-10(8)11)16(13,14)12-5-6-15-2/h3-4,7,12H,5-6,11H2,1-2H3. The Morgan fingerprint density at radius 1 is 1.44 bits per heavy atom.